The second-order valence-corrected chi connectivity index (χ2v) is 5.68. The van der Waals surface area contributed by atoms with Crippen molar-refractivity contribution in [3.8, 4) is 0 Å². The van der Waals surface area contributed by atoms with Crippen LogP contribution in [0.2, 0.25) is 0 Å². The van der Waals surface area contributed by atoms with Crippen LogP contribution in [0.4, 0.5) is 4.39 Å². The van der Waals surface area contributed by atoms with Crippen LogP contribution in [0.15, 0.2) is 29.6 Å². The number of nitrogens with zero attached hydrogens (tertiary/aromatic N) is 1. The van der Waals surface area contributed by atoms with E-state index in [0.29, 0.717) is 17.2 Å². The van der Waals surface area contributed by atoms with Gasteiger partial charge >= 0.3 is 5.97 Å². The number of aromatic nitrogens is 1. The Morgan fingerprint density at radius 3 is 2.70 bits per heavy atom. The van der Waals surface area contributed by atoms with Crippen LogP contribution in [-0.4, -0.2) is 29.1 Å². The lowest BCUT2D eigenvalue weighted by Gasteiger charge is -2.16. The second-order valence-electron chi connectivity index (χ2n) is 4.73. The summed E-state index contributed by atoms with van der Waals surface area (Å²) >= 11 is 1.28. The number of thiazole rings is 1. The number of hydrogen-bond donors (Lipinski definition) is 2. The highest BCUT2D eigenvalue weighted by Gasteiger charge is 2.20. The summed E-state index contributed by atoms with van der Waals surface area (Å²) in [6.07, 6.45) is -0.313. The fourth-order valence-electron chi connectivity index (χ4n) is 1.96. The van der Waals surface area contributed by atoms with Gasteiger partial charge in [-0.1, -0.05) is 12.1 Å². The van der Waals surface area contributed by atoms with Gasteiger partial charge < -0.3 is 15.2 Å². The van der Waals surface area contributed by atoms with Gasteiger partial charge in [0, 0.05) is 12.5 Å². The molecule has 0 fully saturated rings. The molecule has 0 bridgehead atoms. The number of carboxylic acids is 1. The summed E-state index contributed by atoms with van der Waals surface area (Å²) in [7, 11) is 1.53. The number of halogens is 1. The number of hydrogen-bond acceptors (Lipinski definition) is 5. The predicted octanol–water partition coefficient (Wildman–Crippen LogP) is 2.37. The highest BCUT2D eigenvalue weighted by Crippen LogP contribution is 2.19. The maximum Gasteiger partial charge on any atom is 0.305 e. The molecule has 2 aromatic rings. The molecule has 6 nitrogen and oxygen atoms in total. The normalized spacial score (nSPS) is 11.9. The minimum Gasteiger partial charge on any atom is -0.481 e. The first-order valence-corrected chi connectivity index (χ1v) is 7.59. The standard InChI is InChI=1S/C15H15FN2O4S/c1-22-7-13-17-12(8-23-13)15(21)18-11(6-14(19)20)9-2-4-10(16)5-3-9/h2-5,8,11H,6-7H2,1H3,(H,18,21)(H,19,20). The van der Waals surface area contributed by atoms with Crippen molar-refractivity contribution in [2.45, 2.75) is 19.1 Å². The molecular weight excluding hydrogens is 323 g/mol. The van der Waals surface area contributed by atoms with E-state index >= 15 is 0 Å². The van der Waals surface area contributed by atoms with E-state index in [1.807, 2.05) is 0 Å². The van der Waals surface area contributed by atoms with E-state index in [-0.39, 0.29) is 12.1 Å². The molecule has 2 rings (SSSR count). The first-order chi connectivity index (χ1) is 11.0. The first-order valence-electron chi connectivity index (χ1n) is 6.71. The highest BCUT2D eigenvalue weighted by molar-refractivity contribution is 7.09. The van der Waals surface area contributed by atoms with Gasteiger partial charge in [-0.05, 0) is 17.7 Å². The fourth-order valence-corrected chi connectivity index (χ4v) is 2.70. The minimum absolute atomic E-state index is 0.194. The lowest BCUT2D eigenvalue weighted by atomic mass is 10.0. The maximum atomic E-state index is 13.0. The number of ether oxygens (including phenoxy) is 1. The maximum absolute atomic E-state index is 13.0. The molecule has 0 saturated heterocycles. The molecule has 0 aliphatic rings. The molecule has 1 amide bonds. The van der Waals surface area contributed by atoms with Crippen LogP contribution >= 0.6 is 11.3 Å². The average molecular weight is 338 g/mol. The van der Waals surface area contributed by atoms with E-state index in [0.717, 1.165) is 0 Å². The van der Waals surface area contributed by atoms with E-state index in [4.69, 9.17) is 9.84 Å². The molecule has 1 aromatic heterocycles. The Balaban J connectivity index is 2.14. The van der Waals surface area contributed by atoms with Crippen LogP contribution in [0.25, 0.3) is 0 Å². The number of rotatable bonds is 7. The predicted molar refractivity (Wildman–Crippen MR) is 81.7 cm³/mol. The molecule has 0 radical (unpaired) electrons. The molecule has 23 heavy (non-hydrogen) atoms. The lowest BCUT2D eigenvalue weighted by Crippen LogP contribution is -2.30. The van der Waals surface area contributed by atoms with Crippen LogP contribution in [0.1, 0.15) is 33.5 Å². The van der Waals surface area contributed by atoms with E-state index in [2.05, 4.69) is 10.3 Å². The quantitative estimate of drug-likeness (QED) is 0.809. The van der Waals surface area contributed by atoms with Gasteiger partial charge in [-0.2, -0.15) is 0 Å². The van der Waals surface area contributed by atoms with Gasteiger partial charge in [0.25, 0.3) is 5.91 Å². The number of carboxylic acid groups (broad SMARTS) is 1. The van der Waals surface area contributed by atoms with Gasteiger partial charge in [0.2, 0.25) is 0 Å². The molecule has 0 saturated carbocycles. The van der Waals surface area contributed by atoms with Crippen molar-refractivity contribution < 1.29 is 23.8 Å². The summed E-state index contributed by atoms with van der Waals surface area (Å²) < 4.78 is 17.9. The summed E-state index contributed by atoms with van der Waals surface area (Å²) in [6.45, 7) is 0.300. The molecular formula is C15H15FN2O4S. The van der Waals surface area contributed by atoms with E-state index < -0.39 is 23.7 Å². The molecule has 0 spiro atoms. The van der Waals surface area contributed by atoms with Gasteiger partial charge in [-0.25, -0.2) is 9.37 Å². The van der Waals surface area contributed by atoms with E-state index in [1.54, 1.807) is 5.38 Å². The van der Waals surface area contributed by atoms with Crippen LogP contribution in [0.5, 0.6) is 0 Å². The van der Waals surface area contributed by atoms with Crippen LogP contribution < -0.4 is 5.32 Å². The number of amides is 1. The summed E-state index contributed by atoms with van der Waals surface area (Å²) in [5.41, 5.74) is 0.703. The van der Waals surface area contributed by atoms with Crippen LogP contribution in [0, 0.1) is 5.82 Å². The summed E-state index contributed by atoms with van der Waals surface area (Å²) in [6, 6.07) is 4.56. The van der Waals surface area contributed by atoms with Gasteiger partial charge in [-0.3, -0.25) is 9.59 Å². The highest BCUT2D eigenvalue weighted by atomic mass is 32.1. The molecule has 0 aliphatic carbocycles. The molecule has 1 atom stereocenters. The monoisotopic (exact) mass is 338 g/mol. The zero-order chi connectivity index (χ0) is 16.8. The zero-order valence-corrected chi connectivity index (χ0v) is 13.1. The molecule has 2 N–H and O–H groups in total. The third kappa shape index (κ3) is 4.83. The lowest BCUT2D eigenvalue weighted by molar-refractivity contribution is -0.137. The van der Waals surface area contributed by atoms with Crippen LogP contribution in [-0.2, 0) is 16.1 Å². The summed E-state index contributed by atoms with van der Waals surface area (Å²) in [5.74, 6) is -1.99. The summed E-state index contributed by atoms with van der Waals surface area (Å²) in [4.78, 5) is 27.3. The Morgan fingerprint density at radius 2 is 2.09 bits per heavy atom. The van der Waals surface area contributed by atoms with Crippen molar-refractivity contribution in [1.29, 1.82) is 0 Å². The first kappa shape index (κ1) is 17.0. The number of benzene rings is 1. The number of methoxy groups -OCH3 is 1. The van der Waals surface area contributed by atoms with Crippen molar-refractivity contribution in [1.82, 2.24) is 10.3 Å². The molecule has 8 heteroatoms. The Morgan fingerprint density at radius 1 is 1.39 bits per heavy atom. The van der Waals surface area contributed by atoms with E-state index in [1.165, 1.54) is 42.7 Å². The van der Waals surface area contributed by atoms with Gasteiger partial charge in [0.15, 0.2) is 0 Å². The smallest absolute Gasteiger partial charge is 0.305 e. The third-order valence-electron chi connectivity index (χ3n) is 3.01. The number of carbonyl (C=O) groups excluding carboxylic acids is 1. The van der Waals surface area contributed by atoms with Crippen molar-refractivity contribution in [2.24, 2.45) is 0 Å². The van der Waals surface area contributed by atoms with Crippen molar-refractivity contribution >= 4 is 23.2 Å². The van der Waals surface area contributed by atoms with Crippen molar-refractivity contribution in [2.75, 3.05) is 7.11 Å². The zero-order valence-electron chi connectivity index (χ0n) is 12.3. The minimum atomic E-state index is -1.07. The summed E-state index contributed by atoms with van der Waals surface area (Å²) in [5, 5.41) is 13.8. The fraction of sp³-hybridized carbons (Fsp3) is 0.267. The van der Waals surface area contributed by atoms with Gasteiger partial charge in [-0.15, -0.1) is 11.3 Å². The molecule has 122 valence electrons. The number of aliphatic carboxylic acids is 1. The Hall–Kier alpha value is -2.32. The third-order valence-corrected chi connectivity index (χ3v) is 3.83. The largest absolute Gasteiger partial charge is 0.481 e. The molecule has 1 unspecified atom stereocenters. The average Bonchev–Trinajstić information content (AvgIpc) is 2.96. The topological polar surface area (TPSA) is 88.5 Å². The van der Waals surface area contributed by atoms with Crippen molar-refractivity contribution in [3.63, 3.8) is 0 Å². The molecule has 1 aromatic carbocycles. The van der Waals surface area contributed by atoms with Gasteiger partial charge in [0.1, 0.15) is 16.5 Å². The SMILES string of the molecule is COCc1nc(C(=O)NC(CC(=O)O)c2ccc(F)cc2)cs1. The van der Waals surface area contributed by atoms with Crippen LogP contribution in [0.3, 0.4) is 0 Å². The number of carbonyl (C=O) groups is 2. The Bertz CT molecular complexity index is 687. The Labute approximate surface area is 135 Å². The van der Waals surface area contributed by atoms with E-state index in [9.17, 15) is 14.0 Å². The Kier molecular flexibility index (Phi) is 5.78. The van der Waals surface area contributed by atoms with Gasteiger partial charge in [0.05, 0.1) is 19.1 Å². The second kappa shape index (κ2) is 7.80. The molecule has 0 aliphatic heterocycles. The molecule has 1 heterocycles. The number of nitrogens with one attached hydrogen (secondary N) is 1. The van der Waals surface area contributed by atoms with Crippen molar-refractivity contribution in [3.05, 3.63) is 51.7 Å².